The van der Waals surface area contributed by atoms with E-state index in [1.807, 2.05) is 66.2 Å². The summed E-state index contributed by atoms with van der Waals surface area (Å²) in [7, 11) is 1.98. The van der Waals surface area contributed by atoms with Crippen LogP contribution in [0.15, 0.2) is 54.6 Å². The fourth-order valence-electron chi connectivity index (χ4n) is 2.15. The van der Waals surface area contributed by atoms with Gasteiger partial charge in [0.2, 0.25) is 0 Å². The van der Waals surface area contributed by atoms with Crippen LogP contribution in [0.5, 0.6) is 0 Å². The number of rotatable bonds is 2. The summed E-state index contributed by atoms with van der Waals surface area (Å²) in [6.45, 7) is 0. The summed E-state index contributed by atoms with van der Waals surface area (Å²) in [6, 6.07) is 18.2. The molecule has 0 amide bonds. The lowest BCUT2D eigenvalue weighted by atomic mass is 10.2. The number of aromatic nitrogens is 2. The third-order valence-electron chi connectivity index (χ3n) is 3.24. The van der Waals surface area contributed by atoms with Crippen LogP contribution in [-0.4, -0.2) is 9.55 Å². The molecule has 0 aliphatic rings. The van der Waals surface area contributed by atoms with E-state index in [2.05, 4.69) is 17.1 Å². The maximum absolute atomic E-state index is 5.49. The summed E-state index contributed by atoms with van der Waals surface area (Å²) in [6.07, 6.45) is 4.01. The third-order valence-corrected chi connectivity index (χ3v) is 3.72. The van der Waals surface area contributed by atoms with Gasteiger partial charge in [-0.1, -0.05) is 60.8 Å². The highest BCUT2D eigenvalue weighted by molar-refractivity contribution is 7.71. The fraction of sp³-hybridized carbons (Fsp3) is 0.0588. The second-order valence-corrected chi connectivity index (χ2v) is 4.98. The van der Waals surface area contributed by atoms with Gasteiger partial charge < -0.3 is 4.57 Å². The van der Waals surface area contributed by atoms with E-state index in [1.165, 1.54) is 0 Å². The Hall–Kier alpha value is -2.26. The minimum absolute atomic E-state index is 0.746. The van der Waals surface area contributed by atoms with Crippen molar-refractivity contribution >= 4 is 35.4 Å². The number of aryl methyl sites for hydroxylation is 1. The Balaban J connectivity index is 2.11. The number of benzene rings is 2. The lowest BCUT2D eigenvalue weighted by Gasteiger charge is -2.07. The van der Waals surface area contributed by atoms with Crippen molar-refractivity contribution in [1.29, 1.82) is 0 Å². The lowest BCUT2D eigenvalue weighted by Crippen LogP contribution is -1.99. The summed E-state index contributed by atoms with van der Waals surface area (Å²) in [5, 5.41) is 0. The number of hydrogen-bond acceptors (Lipinski definition) is 2. The van der Waals surface area contributed by atoms with E-state index < -0.39 is 0 Å². The number of para-hydroxylation sites is 2. The van der Waals surface area contributed by atoms with Gasteiger partial charge in [0.1, 0.15) is 4.64 Å². The van der Waals surface area contributed by atoms with Gasteiger partial charge in [0.05, 0.1) is 16.7 Å². The van der Waals surface area contributed by atoms with Gasteiger partial charge in [0, 0.05) is 7.05 Å². The molecule has 0 spiro atoms. The van der Waals surface area contributed by atoms with E-state index in [-0.39, 0.29) is 0 Å². The van der Waals surface area contributed by atoms with Crippen molar-refractivity contribution in [2.45, 2.75) is 0 Å². The zero-order valence-corrected chi connectivity index (χ0v) is 12.0. The number of hydrogen-bond donors (Lipinski definition) is 0. The molecule has 0 saturated heterocycles. The highest BCUT2D eigenvalue weighted by atomic mass is 32.1. The van der Waals surface area contributed by atoms with Crippen LogP contribution in [0.1, 0.15) is 11.3 Å². The van der Waals surface area contributed by atoms with Gasteiger partial charge in [0.25, 0.3) is 0 Å². The Morgan fingerprint density at radius 2 is 1.65 bits per heavy atom. The highest BCUT2D eigenvalue weighted by Gasteiger charge is 2.02. The molecule has 0 unspecified atom stereocenters. The fourth-order valence-corrected chi connectivity index (χ4v) is 2.36. The van der Waals surface area contributed by atoms with Crippen molar-refractivity contribution in [3.63, 3.8) is 0 Å². The average molecular weight is 278 g/mol. The summed E-state index contributed by atoms with van der Waals surface area (Å²) in [4.78, 5) is 4.64. The normalized spacial score (nSPS) is 11.2. The van der Waals surface area contributed by atoms with E-state index in [9.17, 15) is 0 Å². The van der Waals surface area contributed by atoms with E-state index in [4.69, 9.17) is 12.2 Å². The maximum atomic E-state index is 5.49. The molecule has 20 heavy (non-hydrogen) atoms. The van der Waals surface area contributed by atoms with Crippen LogP contribution in [0.4, 0.5) is 0 Å². The molecule has 0 aliphatic heterocycles. The second-order valence-electron chi connectivity index (χ2n) is 4.59. The Morgan fingerprint density at radius 3 is 2.45 bits per heavy atom. The smallest absolute Gasteiger partial charge is 0.132 e. The molecule has 0 N–H and O–H groups in total. The standard InChI is InChI=1S/C17H14N2S/c1-19-16-10-6-5-9-14(16)18-15(17(19)20)12-11-13-7-3-2-4-8-13/h2-12H,1H3/b12-11-. The van der Waals surface area contributed by atoms with E-state index >= 15 is 0 Å². The average Bonchev–Trinajstić information content (AvgIpc) is 2.50. The van der Waals surface area contributed by atoms with Gasteiger partial charge >= 0.3 is 0 Å². The van der Waals surface area contributed by atoms with Gasteiger partial charge in [-0.25, -0.2) is 4.98 Å². The van der Waals surface area contributed by atoms with Crippen molar-refractivity contribution in [2.24, 2.45) is 7.05 Å². The highest BCUT2D eigenvalue weighted by Crippen LogP contribution is 2.15. The van der Waals surface area contributed by atoms with Gasteiger partial charge in [-0.05, 0) is 23.8 Å². The van der Waals surface area contributed by atoms with Crippen LogP contribution in [0, 0.1) is 4.64 Å². The molecular weight excluding hydrogens is 264 g/mol. The SMILES string of the molecule is Cn1c(=S)c(/C=C\c2ccccc2)nc2ccccc21. The summed E-state index contributed by atoms with van der Waals surface area (Å²) < 4.78 is 2.75. The van der Waals surface area contributed by atoms with Crippen molar-refractivity contribution in [2.75, 3.05) is 0 Å². The van der Waals surface area contributed by atoms with Crippen LogP contribution < -0.4 is 0 Å². The van der Waals surface area contributed by atoms with Crippen molar-refractivity contribution in [3.8, 4) is 0 Å². The molecule has 2 nitrogen and oxygen atoms in total. The molecule has 1 aromatic heterocycles. The van der Waals surface area contributed by atoms with E-state index in [0.717, 1.165) is 26.9 Å². The number of nitrogens with zero attached hydrogens (tertiary/aromatic N) is 2. The first-order valence-corrected chi connectivity index (χ1v) is 6.85. The zero-order chi connectivity index (χ0) is 13.9. The molecule has 3 rings (SSSR count). The molecule has 1 heterocycles. The quantitative estimate of drug-likeness (QED) is 0.643. The molecule has 0 atom stereocenters. The van der Waals surface area contributed by atoms with Crippen LogP contribution in [0.2, 0.25) is 0 Å². The van der Waals surface area contributed by atoms with Gasteiger partial charge in [-0.15, -0.1) is 0 Å². The molecule has 0 aliphatic carbocycles. The van der Waals surface area contributed by atoms with Crippen molar-refractivity contribution in [1.82, 2.24) is 9.55 Å². The molecule has 0 bridgehead atoms. The molecule has 98 valence electrons. The third kappa shape index (κ3) is 2.40. The Kier molecular flexibility index (Phi) is 3.44. The molecule has 0 radical (unpaired) electrons. The lowest BCUT2D eigenvalue weighted by molar-refractivity contribution is 0.917. The Bertz CT molecular complexity index is 832. The molecule has 0 fully saturated rings. The van der Waals surface area contributed by atoms with Gasteiger partial charge in [-0.2, -0.15) is 0 Å². The minimum Gasteiger partial charge on any atom is -0.332 e. The van der Waals surface area contributed by atoms with Gasteiger partial charge in [0.15, 0.2) is 0 Å². The summed E-state index contributed by atoms with van der Waals surface area (Å²) in [5.74, 6) is 0. The van der Waals surface area contributed by atoms with Gasteiger partial charge in [-0.3, -0.25) is 0 Å². The van der Waals surface area contributed by atoms with Crippen LogP contribution in [0.25, 0.3) is 23.2 Å². The first kappa shape index (κ1) is 12.8. The first-order valence-electron chi connectivity index (χ1n) is 6.44. The summed E-state index contributed by atoms with van der Waals surface area (Å²) in [5.41, 5.74) is 3.97. The molecule has 2 aromatic carbocycles. The monoisotopic (exact) mass is 278 g/mol. The van der Waals surface area contributed by atoms with Crippen molar-refractivity contribution in [3.05, 3.63) is 70.5 Å². The first-order chi connectivity index (χ1) is 9.75. The predicted octanol–water partition coefficient (Wildman–Crippen LogP) is 4.47. The second kappa shape index (κ2) is 5.39. The van der Waals surface area contributed by atoms with Crippen molar-refractivity contribution < 1.29 is 0 Å². The number of fused-ring (bicyclic) bond motifs is 1. The molecule has 3 aromatic rings. The topological polar surface area (TPSA) is 17.8 Å². The van der Waals surface area contributed by atoms with Crippen LogP contribution in [-0.2, 0) is 7.05 Å². The Morgan fingerprint density at radius 1 is 0.950 bits per heavy atom. The Labute approximate surface area is 123 Å². The predicted molar refractivity (Wildman–Crippen MR) is 86.9 cm³/mol. The van der Waals surface area contributed by atoms with E-state index in [1.54, 1.807) is 0 Å². The molecule has 0 saturated carbocycles. The molecular formula is C17H14N2S. The van der Waals surface area contributed by atoms with Crippen LogP contribution >= 0.6 is 12.2 Å². The largest absolute Gasteiger partial charge is 0.332 e. The summed E-state index contributed by atoms with van der Waals surface area (Å²) >= 11 is 5.49. The minimum atomic E-state index is 0.746. The van der Waals surface area contributed by atoms with E-state index in [0.29, 0.717) is 0 Å². The zero-order valence-electron chi connectivity index (χ0n) is 11.2. The molecule has 3 heteroatoms. The van der Waals surface area contributed by atoms with Crippen LogP contribution in [0.3, 0.4) is 0 Å². The maximum Gasteiger partial charge on any atom is 0.132 e.